The molecule has 0 heterocycles. The molecule has 0 aliphatic heterocycles. The second-order valence-corrected chi connectivity index (χ2v) is 7.49. The van der Waals surface area contributed by atoms with Crippen molar-refractivity contribution in [3.63, 3.8) is 0 Å². The number of aromatic hydroxyl groups is 2. The minimum absolute atomic E-state index is 0.132. The minimum Gasteiger partial charge on any atom is -0.508 e. The van der Waals surface area contributed by atoms with Gasteiger partial charge in [0.15, 0.2) is 0 Å². The normalized spacial score (nSPS) is 12.4. The largest absolute Gasteiger partial charge is 0.508 e. The molecule has 0 saturated heterocycles. The van der Waals surface area contributed by atoms with E-state index in [1.165, 1.54) is 76.7 Å². The summed E-state index contributed by atoms with van der Waals surface area (Å²) < 4.78 is 0. The molecule has 0 bridgehead atoms. The predicted octanol–water partition coefficient (Wildman–Crippen LogP) is 6.09. The van der Waals surface area contributed by atoms with Gasteiger partial charge < -0.3 is 15.3 Å². The SMILES string of the molecule is CC(O)CCCCCCCCCCCCCCc1cc(O)cc(O)c1. The molecule has 3 N–H and O–H groups in total. The number of phenolic OH excluding ortho intramolecular Hbond substituents is 2. The summed E-state index contributed by atoms with van der Waals surface area (Å²) >= 11 is 0. The maximum Gasteiger partial charge on any atom is 0.119 e. The molecule has 0 fully saturated rings. The van der Waals surface area contributed by atoms with Crippen molar-refractivity contribution in [1.82, 2.24) is 0 Å². The van der Waals surface area contributed by atoms with Gasteiger partial charge in [-0.15, -0.1) is 0 Å². The minimum atomic E-state index is -0.132. The van der Waals surface area contributed by atoms with E-state index in [1.807, 2.05) is 6.92 Å². The number of aliphatic hydroxyl groups excluding tert-OH is 1. The highest BCUT2D eigenvalue weighted by Gasteiger charge is 2.00. The molecular weight excluding hydrogens is 312 g/mol. The van der Waals surface area contributed by atoms with E-state index in [2.05, 4.69) is 0 Å². The molecule has 0 saturated carbocycles. The van der Waals surface area contributed by atoms with Crippen LogP contribution < -0.4 is 0 Å². The Labute approximate surface area is 154 Å². The van der Waals surface area contributed by atoms with E-state index < -0.39 is 0 Å². The lowest BCUT2D eigenvalue weighted by Gasteiger charge is -2.05. The first kappa shape index (κ1) is 21.8. The molecule has 1 aromatic rings. The summed E-state index contributed by atoms with van der Waals surface area (Å²) in [4.78, 5) is 0. The van der Waals surface area contributed by atoms with Gasteiger partial charge in [-0.1, -0.05) is 70.6 Å². The van der Waals surface area contributed by atoms with Gasteiger partial charge in [0.2, 0.25) is 0 Å². The van der Waals surface area contributed by atoms with E-state index in [0.29, 0.717) is 0 Å². The van der Waals surface area contributed by atoms with Crippen LogP contribution in [0.25, 0.3) is 0 Å². The van der Waals surface area contributed by atoms with Crippen LogP contribution in [0.1, 0.15) is 96.0 Å². The topological polar surface area (TPSA) is 60.7 Å². The predicted molar refractivity (Wildman–Crippen MR) is 105 cm³/mol. The Morgan fingerprint density at radius 1 is 0.640 bits per heavy atom. The summed E-state index contributed by atoms with van der Waals surface area (Å²) in [6, 6.07) is 4.85. The number of benzene rings is 1. The Bertz CT molecular complexity index is 423. The maximum absolute atomic E-state index is 9.45. The van der Waals surface area contributed by atoms with E-state index in [1.54, 1.807) is 12.1 Å². The number of hydrogen-bond acceptors (Lipinski definition) is 3. The van der Waals surface area contributed by atoms with Gasteiger partial charge in [0, 0.05) is 6.07 Å². The van der Waals surface area contributed by atoms with Crippen molar-refractivity contribution in [2.75, 3.05) is 0 Å². The maximum atomic E-state index is 9.45. The molecular formula is C22H38O3. The van der Waals surface area contributed by atoms with E-state index in [-0.39, 0.29) is 17.6 Å². The Morgan fingerprint density at radius 3 is 1.48 bits per heavy atom. The summed E-state index contributed by atoms with van der Waals surface area (Å²) in [6.07, 6.45) is 17.2. The van der Waals surface area contributed by atoms with Crippen molar-refractivity contribution < 1.29 is 15.3 Å². The second-order valence-electron chi connectivity index (χ2n) is 7.49. The van der Waals surface area contributed by atoms with Gasteiger partial charge in [0.05, 0.1) is 6.10 Å². The lowest BCUT2D eigenvalue weighted by Crippen LogP contribution is -1.98. The zero-order valence-electron chi connectivity index (χ0n) is 16.1. The molecule has 0 aliphatic carbocycles. The third-order valence-corrected chi connectivity index (χ3v) is 4.80. The Hall–Kier alpha value is -1.22. The van der Waals surface area contributed by atoms with Gasteiger partial charge in [-0.2, -0.15) is 0 Å². The average molecular weight is 351 g/mol. The third-order valence-electron chi connectivity index (χ3n) is 4.80. The van der Waals surface area contributed by atoms with Gasteiger partial charge in [-0.3, -0.25) is 0 Å². The lowest BCUT2D eigenvalue weighted by molar-refractivity contribution is 0.180. The van der Waals surface area contributed by atoms with Gasteiger partial charge in [-0.05, 0) is 43.9 Å². The molecule has 1 aromatic carbocycles. The highest BCUT2D eigenvalue weighted by molar-refractivity contribution is 5.36. The number of aryl methyl sites for hydroxylation is 1. The van der Waals surface area contributed by atoms with Crippen molar-refractivity contribution >= 4 is 0 Å². The first-order valence-corrected chi connectivity index (χ1v) is 10.3. The first-order chi connectivity index (χ1) is 12.1. The molecule has 0 spiro atoms. The van der Waals surface area contributed by atoms with Crippen LogP contribution in [0.3, 0.4) is 0 Å². The van der Waals surface area contributed by atoms with Crippen LogP contribution in [0.5, 0.6) is 11.5 Å². The molecule has 25 heavy (non-hydrogen) atoms. The van der Waals surface area contributed by atoms with E-state index in [0.717, 1.165) is 24.8 Å². The molecule has 0 radical (unpaired) electrons. The van der Waals surface area contributed by atoms with Gasteiger partial charge in [0.25, 0.3) is 0 Å². The fourth-order valence-electron chi connectivity index (χ4n) is 3.34. The van der Waals surface area contributed by atoms with E-state index in [9.17, 15) is 15.3 Å². The standard InChI is InChI=1S/C22H38O3/c1-19(23)14-12-10-8-6-4-2-3-5-7-9-11-13-15-20-16-21(24)18-22(25)17-20/h16-19,23-25H,2-15H2,1H3. The smallest absolute Gasteiger partial charge is 0.119 e. The van der Waals surface area contributed by atoms with Gasteiger partial charge >= 0.3 is 0 Å². The number of rotatable bonds is 15. The third kappa shape index (κ3) is 12.7. The van der Waals surface area contributed by atoms with Crippen molar-refractivity contribution in [1.29, 1.82) is 0 Å². The molecule has 144 valence electrons. The second kappa shape index (κ2) is 14.0. The zero-order chi connectivity index (χ0) is 18.3. The fourth-order valence-corrected chi connectivity index (χ4v) is 3.34. The monoisotopic (exact) mass is 350 g/mol. The van der Waals surface area contributed by atoms with Crippen molar-refractivity contribution in [3.8, 4) is 11.5 Å². The van der Waals surface area contributed by atoms with Gasteiger partial charge in [-0.25, -0.2) is 0 Å². The van der Waals surface area contributed by atoms with Crippen LogP contribution >= 0.6 is 0 Å². The summed E-state index contributed by atoms with van der Waals surface area (Å²) in [6.45, 7) is 1.87. The fraction of sp³-hybridized carbons (Fsp3) is 0.727. The van der Waals surface area contributed by atoms with Crippen molar-refractivity contribution in [2.45, 2.75) is 103 Å². The summed E-state index contributed by atoms with van der Waals surface area (Å²) in [5, 5.41) is 28.1. The average Bonchev–Trinajstić information content (AvgIpc) is 2.54. The van der Waals surface area contributed by atoms with Crippen LogP contribution in [0, 0.1) is 0 Å². The molecule has 0 aromatic heterocycles. The Morgan fingerprint density at radius 2 is 1.04 bits per heavy atom. The molecule has 3 heteroatoms. The van der Waals surface area contributed by atoms with Crippen LogP contribution in [0.2, 0.25) is 0 Å². The van der Waals surface area contributed by atoms with Crippen molar-refractivity contribution in [2.24, 2.45) is 0 Å². The molecule has 0 aliphatic rings. The van der Waals surface area contributed by atoms with Crippen molar-refractivity contribution in [3.05, 3.63) is 23.8 Å². The summed E-state index contributed by atoms with van der Waals surface area (Å²) in [5.74, 6) is 0.302. The highest BCUT2D eigenvalue weighted by Crippen LogP contribution is 2.22. The van der Waals surface area contributed by atoms with E-state index >= 15 is 0 Å². The lowest BCUT2D eigenvalue weighted by atomic mass is 10.0. The molecule has 1 rings (SSSR count). The molecule has 3 nitrogen and oxygen atoms in total. The number of hydrogen-bond donors (Lipinski definition) is 3. The highest BCUT2D eigenvalue weighted by atomic mass is 16.3. The molecule has 0 amide bonds. The summed E-state index contributed by atoms with van der Waals surface area (Å²) in [5.41, 5.74) is 1.02. The number of unbranched alkanes of at least 4 members (excludes halogenated alkanes) is 11. The molecule has 1 atom stereocenters. The number of aliphatic hydroxyl groups is 1. The quantitative estimate of drug-likeness (QED) is 0.335. The zero-order valence-corrected chi connectivity index (χ0v) is 16.1. The van der Waals surface area contributed by atoms with Crippen LogP contribution in [-0.2, 0) is 6.42 Å². The van der Waals surface area contributed by atoms with Crippen LogP contribution in [-0.4, -0.2) is 21.4 Å². The van der Waals surface area contributed by atoms with Crippen LogP contribution in [0.15, 0.2) is 18.2 Å². The summed E-state index contributed by atoms with van der Waals surface area (Å²) in [7, 11) is 0. The van der Waals surface area contributed by atoms with Gasteiger partial charge in [0.1, 0.15) is 11.5 Å². The Balaban J connectivity index is 1.83. The first-order valence-electron chi connectivity index (χ1n) is 10.3. The molecule has 1 unspecified atom stereocenters. The number of phenols is 2. The van der Waals surface area contributed by atoms with Crippen LogP contribution in [0.4, 0.5) is 0 Å². The Kier molecular flexibility index (Phi) is 12.2. The van der Waals surface area contributed by atoms with E-state index in [4.69, 9.17) is 0 Å².